The molecular weight excluding hydrogens is 420 g/mol. The Labute approximate surface area is 190 Å². The molecule has 2 nitrogen and oxygen atoms in total. The molecule has 0 aliphatic heterocycles. The molecule has 0 saturated carbocycles. The first-order valence-electron chi connectivity index (χ1n) is 10.2. The van der Waals surface area contributed by atoms with E-state index in [2.05, 4.69) is 31.1 Å². The molecule has 3 aromatic carbocycles. The molecular formula is C27H25ClO2Si. The third kappa shape index (κ3) is 6.04. The Morgan fingerprint density at radius 1 is 0.742 bits per heavy atom. The van der Waals surface area contributed by atoms with Crippen molar-refractivity contribution in [3.63, 3.8) is 0 Å². The lowest BCUT2D eigenvalue weighted by Gasteiger charge is -2.23. The van der Waals surface area contributed by atoms with Crippen LogP contribution in [0.5, 0.6) is 0 Å². The van der Waals surface area contributed by atoms with Crippen LogP contribution >= 0.6 is 11.6 Å². The molecule has 0 amide bonds. The van der Waals surface area contributed by atoms with Crippen LogP contribution in [0.2, 0.25) is 24.7 Å². The Bertz CT molecular complexity index is 1050. The number of hydrogen-bond acceptors (Lipinski definition) is 2. The van der Waals surface area contributed by atoms with Crippen LogP contribution in [0.1, 0.15) is 32.2 Å². The molecule has 1 unspecified atom stereocenters. The topological polar surface area (TPSA) is 34.1 Å². The summed E-state index contributed by atoms with van der Waals surface area (Å²) in [5.74, 6) is 1.36. The van der Waals surface area contributed by atoms with Gasteiger partial charge in [-0.15, -0.1) is 11.5 Å². The Kier molecular flexibility index (Phi) is 7.28. The summed E-state index contributed by atoms with van der Waals surface area (Å²) in [7, 11) is -1.75. The van der Waals surface area contributed by atoms with Gasteiger partial charge in [-0.05, 0) is 17.7 Å². The average molecular weight is 445 g/mol. The first-order valence-corrected chi connectivity index (χ1v) is 14.1. The van der Waals surface area contributed by atoms with Crippen LogP contribution in [0.3, 0.4) is 0 Å². The second kappa shape index (κ2) is 9.92. The normalized spacial score (nSPS) is 12.0. The van der Waals surface area contributed by atoms with Gasteiger partial charge in [-0.1, -0.05) is 104 Å². The van der Waals surface area contributed by atoms with Gasteiger partial charge in [-0.2, -0.15) is 0 Å². The lowest BCUT2D eigenvalue weighted by atomic mass is 9.77. The molecule has 0 aromatic heterocycles. The molecule has 31 heavy (non-hydrogen) atoms. The van der Waals surface area contributed by atoms with Gasteiger partial charge in [0.05, 0.1) is 5.92 Å². The van der Waals surface area contributed by atoms with Gasteiger partial charge in [0.1, 0.15) is 14.0 Å². The second-order valence-electron chi connectivity index (χ2n) is 8.49. The maximum atomic E-state index is 13.7. The Morgan fingerprint density at radius 2 is 1.19 bits per heavy atom. The van der Waals surface area contributed by atoms with E-state index in [-0.39, 0.29) is 11.6 Å². The minimum Gasteiger partial charge on any atom is -0.293 e. The largest absolute Gasteiger partial charge is 0.293 e. The van der Waals surface area contributed by atoms with Crippen molar-refractivity contribution in [2.24, 2.45) is 5.92 Å². The van der Waals surface area contributed by atoms with Crippen LogP contribution in [0.4, 0.5) is 0 Å². The highest BCUT2D eigenvalue weighted by Crippen LogP contribution is 2.31. The van der Waals surface area contributed by atoms with Crippen molar-refractivity contribution < 1.29 is 9.59 Å². The molecule has 0 radical (unpaired) electrons. The van der Waals surface area contributed by atoms with Crippen LogP contribution in [0.15, 0.2) is 84.9 Å². The smallest absolute Gasteiger partial charge is 0.175 e. The quantitative estimate of drug-likeness (QED) is 0.184. The van der Waals surface area contributed by atoms with E-state index >= 15 is 0 Å². The molecule has 1 atom stereocenters. The standard InChI is InChI=1S/C27H25ClO2Si/c1-31(2,3)19-18-24(20-14-16-23(28)17-15-20)25(26(29)21-10-6-4-7-11-21)27(30)22-12-8-5-9-13-22/h4-17,24-25H,1-3H3. The van der Waals surface area contributed by atoms with Gasteiger partial charge in [0.2, 0.25) is 0 Å². The summed E-state index contributed by atoms with van der Waals surface area (Å²) in [4.78, 5) is 27.3. The number of Topliss-reactive ketones (excluding diaryl/α,β-unsaturated/α-hetero) is 2. The fourth-order valence-electron chi connectivity index (χ4n) is 3.31. The summed E-state index contributed by atoms with van der Waals surface area (Å²) in [6.07, 6.45) is 0. The van der Waals surface area contributed by atoms with E-state index in [1.807, 2.05) is 48.5 Å². The van der Waals surface area contributed by atoms with E-state index in [4.69, 9.17) is 11.6 Å². The molecule has 3 aromatic rings. The molecule has 0 saturated heterocycles. The Morgan fingerprint density at radius 3 is 1.61 bits per heavy atom. The zero-order valence-corrected chi connectivity index (χ0v) is 19.7. The molecule has 0 spiro atoms. The number of carbonyl (C=O) groups excluding carboxylic acids is 2. The maximum absolute atomic E-state index is 13.7. The number of ketones is 2. The van der Waals surface area contributed by atoms with E-state index in [9.17, 15) is 9.59 Å². The lowest BCUT2D eigenvalue weighted by molar-refractivity contribution is 0.0797. The predicted molar refractivity (Wildman–Crippen MR) is 130 cm³/mol. The van der Waals surface area contributed by atoms with Crippen molar-refractivity contribution in [3.05, 3.63) is 107 Å². The number of rotatable bonds is 6. The Balaban J connectivity index is 2.18. The molecule has 4 heteroatoms. The van der Waals surface area contributed by atoms with Crippen molar-refractivity contribution in [3.8, 4) is 11.5 Å². The van der Waals surface area contributed by atoms with Crippen LogP contribution in [-0.2, 0) is 0 Å². The molecule has 0 heterocycles. The fourth-order valence-corrected chi connectivity index (χ4v) is 4.02. The van der Waals surface area contributed by atoms with Gasteiger partial charge in [0.25, 0.3) is 0 Å². The van der Waals surface area contributed by atoms with Crippen LogP contribution < -0.4 is 0 Å². The van der Waals surface area contributed by atoms with Gasteiger partial charge < -0.3 is 0 Å². The van der Waals surface area contributed by atoms with E-state index in [1.165, 1.54) is 0 Å². The minimum absolute atomic E-state index is 0.223. The van der Waals surface area contributed by atoms with Crippen molar-refractivity contribution in [1.29, 1.82) is 0 Å². The summed E-state index contributed by atoms with van der Waals surface area (Å²) in [5, 5.41) is 0.598. The number of benzene rings is 3. The highest BCUT2D eigenvalue weighted by atomic mass is 35.5. The highest BCUT2D eigenvalue weighted by Gasteiger charge is 2.36. The summed E-state index contributed by atoms with van der Waals surface area (Å²) >= 11 is 6.10. The van der Waals surface area contributed by atoms with Crippen LogP contribution in [-0.4, -0.2) is 19.6 Å². The zero-order valence-electron chi connectivity index (χ0n) is 17.9. The second-order valence-corrected chi connectivity index (χ2v) is 13.7. The third-order valence-corrected chi connectivity index (χ3v) is 5.99. The molecule has 0 N–H and O–H groups in total. The van der Waals surface area contributed by atoms with Crippen molar-refractivity contribution in [2.75, 3.05) is 0 Å². The lowest BCUT2D eigenvalue weighted by Crippen LogP contribution is -2.31. The first-order chi connectivity index (χ1) is 14.8. The summed E-state index contributed by atoms with van der Waals surface area (Å²) in [6.45, 7) is 6.43. The van der Waals surface area contributed by atoms with E-state index in [1.54, 1.807) is 36.4 Å². The van der Waals surface area contributed by atoms with Gasteiger partial charge in [-0.3, -0.25) is 9.59 Å². The van der Waals surface area contributed by atoms with Crippen molar-refractivity contribution in [1.82, 2.24) is 0 Å². The monoisotopic (exact) mass is 444 g/mol. The number of carbonyl (C=O) groups is 2. The SMILES string of the molecule is C[Si](C)(C)C#CC(c1ccc(Cl)cc1)C(C(=O)c1ccccc1)C(=O)c1ccccc1. The van der Waals surface area contributed by atoms with Crippen molar-refractivity contribution in [2.45, 2.75) is 25.6 Å². The van der Waals surface area contributed by atoms with E-state index in [0.29, 0.717) is 16.1 Å². The number of halogens is 1. The Hall–Kier alpha value is -2.93. The molecule has 0 fully saturated rings. The fraction of sp³-hybridized carbons (Fsp3) is 0.185. The zero-order chi connectivity index (χ0) is 22.4. The predicted octanol–water partition coefficient (Wildman–Crippen LogP) is 6.69. The summed E-state index contributed by atoms with van der Waals surface area (Å²) in [5.41, 5.74) is 5.20. The highest BCUT2D eigenvalue weighted by molar-refractivity contribution is 6.83. The minimum atomic E-state index is -1.75. The summed E-state index contributed by atoms with van der Waals surface area (Å²) < 4.78 is 0. The number of hydrogen-bond donors (Lipinski definition) is 0. The maximum Gasteiger partial charge on any atom is 0.175 e. The van der Waals surface area contributed by atoms with Gasteiger partial charge in [0, 0.05) is 16.1 Å². The van der Waals surface area contributed by atoms with Crippen LogP contribution in [0.25, 0.3) is 0 Å². The molecule has 3 rings (SSSR count). The molecule has 0 aliphatic carbocycles. The van der Waals surface area contributed by atoms with Gasteiger partial charge in [0.15, 0.2) is 11.6 Å². The molecule has 0 bridgehead atoms. The summed E-state index contributed by atoms with van der Waals surface area (Å²) in [6, 6.07) is 25.2. The van der Waals surface area contributed by atoms with E-state index < -0.39 is 19.9 Å². The third-order valence-electron chi connectivity index (χ3n) is 4.85. The molecule has 156 valence electrons. The first kappa shape index (κ1) is 22.7. The van der Waals surface area contributed by atoms with Crippen molar-refractivity contribution >= 4 is 31.2 Å². The van der Waals surface area contributed by atoms with Gasteiger partial charge in [-0.25, -0.2) is 0 Å². The van der Waals surface area contributed by atoms with Crippen LogP contribution in [0, 0.1) is 17.4 Å². The average Bonchev–Trinajstić information content (AvgIpc) is 2.77. The molecule has 0 aliphatic rings. The van der Waals surface area contributed by atoms with Gasteiger partial charge >= 0.3 is 0 Å². The van der Waals surface area contributed by atoms with E-state index in [0.717, 1.165) is 5.56 Å².